The maximum Gasteiger partial charge on any atom is 0.165 e. The van der Waals surface area contributed by atoms with Gasteiger partial charge in [-0.05, 0) is 41.4 Å². The maximum atomic E-state index is 13.5. The van der Waals surface area contributed by atoms with Crippen LogP contribution < -0.4 is 5.73 Å². The highest BCUT2D eigenvalue weighted by molar-refractivity contribution is 9.10. The number of carbonyl (C=O) groups is 1. The fourth-order valence-electron chi connectivity index (χ4n) is 1.21. The largest absolute Gasteiger partial charge is 0.328 e. The topological polar surface area (TPSA) is 43.1 Å². The smallest absolute Gasteiger partial charge is 0.165 e. The van der Waals surface area contributed by atoms with Crippen LogP contribution in [0.4, 0.5) is 4.39 Å². The second kappa shape index (κ2) is 5.37. The number of benzene rings is 1. The zero-order chi connectivity index (χ0) is 11.4. The molecule has 0 radical (unpaired) electrons. The van der Waals surface area contributed by atoms with Crippen LogP contribution in [-0.2, 0) is 0 Å². The van der Waals surface area contributed by atoms with Gasteiger partial charge in [0.15, 0.2) is 5.78 Å². The lowest BCUT2D eigenvalue weighted by Gasteiger charge is -2.05. The van der Waals surface area contributed by atoms with E-state index in [2.05, 4.69) is 15.9 Å². The van der Waals surface area contributed by atoms with E-state index in [1.807, 2.05) is 6.92 Å². The molecule has 0 aromatic heterocycles. The summed E-state index contributed by atoms with van der Waals surface area (Å²) in [5, 5.41) is 0. The lowest BCUT2D eigenvalue weighted by atomic mass is 10.0. The normalized spacial score (nSPS) is 12.5. The maximum absolute atomic E-state index is 13.5. The highest BCUT2D eigenvalue weighted by Crippen LogP contribution is 2.20. The van der Waals surface area contributed by atoms with Gasteiger partial charge in [-0.3, -0.25) is 4.79 Å². The molecule has 15 heavy (non-hydrogen) atoms. The Kier molecular flexibility index (Phi) is 4.42. The summed E-state index contributed by atoms with van der Waals surface area (Å²) < 4.78 is 13.8. The van der Waals surface area contributed by atoms with E-state index < -0.39 is 5.82 Å². The summed E-state index contributed by atoms with van der Waals surface area (Å²) in [5.74, 6) is -0.696. The molecule has 0 aliphatic rings. The molecule has 1 unspecified atom stereocenters. The Labute approximate surface area is 96.8 Å². The molecule has 1 rings (SSSR count). The van der Waals surface area contributed by atoms with E-state index in [0.717, 1.165) is 0 Å². The molecule has 1 aromatic rings. The first kappa shape index (κ1) is 12.3. The number of hydrogen-bond donors (Lipinski definition) is 1. The molecule has 0 aliphatic heterocycles. The van der Waals surface area contributed by atoms with Crippen LogP contribution in [0, 0.1) is 5.82 Å². The monoisotopic (exact) mass is 273 g/mol. The molecule has 0 fully saturated rings. The van der Waals surface area contributed by atoms with Crippen LogP contribution in [0.15, 0.2) is 22.7 Å². The average Bonchev–Trinajstić information content (AvgIpc) is 2.18. The zero-order valence-electron chi connectivity index (χ0n) is 8.47. The minimum Gasteiger partial charge on any atom is -0.328 e. The molecule has 0 saturated carbocycles. The molecule has 82 valence electrons. The molecule has 0 bridgehead atoms. The van der Waals surface area contributed by atoms with Crippen molar-refractivity contribution in [3.05, 3.63) is 34.1 Å². The van der Waals surface area contributed by atoms with Crippen LogP contribution in [0.2, 0.25) is 0 Å². The van der Waals surface area contributed by atoms with Gasteiger partial charge in [0.25, 0.3) is 0 Å². The van der Waals surface area contributed by atoms with E-state index >= 15 is 0 Å². The van der Waals surface area contributed by atoms with Gasteiger partial charge in [-0.2, -0.15) is 0 Å². The Bertz CT molecular complexity index is 366. The van der Waals surface area contributed by atoms with Crippen molar-refractivity contribution in [3.8, 4) is 0 Å². The molecule has 0 spiro atoms. The fourth-order valence-corrected chi connectivity index (χ4v) is 1.58. The van der Waals surface area contributed by atoms with Gasteiger partial charge in [-0.25, -0.2) is 4.39 Å². The predicted octanol–water partition coefficient (Wildman–Crippen LogP) is 2.90. The van der Waals surface area contributed by atoms with Crippen LogP contribution in [-0.4, -0.2) is 11.8 Å². The van der Waals surface area contributed by atoms with E-state index in [-0.39, 0.29) is 23.8 Å². The summed E-state index contributed by atoms with van der Waals surface area (Å²) in [6.07, 6.45) is 0.857. The second-order valence-corrected chi connectivity index (χ2v) is 4.39. The van der Waals surface area contributed by atoms with E-state index in [1.165, 1.54) is 6.07 Å². The van der Waals surface area contributed by atoms with Gasteiger partial charge >= 0.3 is 0 Å². The number of carbonyl (C=O) groups excluding carboxylic acids is 1. The Morgan fingerprint density at radius 1 is 1.60 bits per heavy atom. The van der Waals surface area contributed by atoms with Gasteiger partial charge in [0.2, 0.25) is 0 Å². The molecule has 1 atom stereocenters. The van der Waals surface area contributed by atoms with Crippen LogP contribution >= 0.6 is 15.9 Å². The van der Waals surface area contributed by atoms with Gasteiger partial charge in [-0.1, -0.05) is 6.07 Å². The molecule has 2 nitrogen and oxygen atoms in total. The molecule has 0 saturated heterocycles. The number of rotatable bonds is 4. The average molecular weight is 274 g/mol. The zero-order valence-corrected chi connectivity index (χ0v) is 10.1. The third-order valence-corrected chi connectivity index (χ3v) is 2.69. The van der Waals surface area contributed by atoms with Crippen molar-refractivity contribution >= 4 is 21.7 Å². The van der Waals surface area contributed by atoms with Crippen molar-refractivity contribution in [2.24, 2.45) is 5.73 Å². The number of hydrogen-bond acceptors (Lipinski definition) is 2. The predicted molar refractivity (Wildman–Crippen MR) is 61.3 cm³/mol. The van der Waals surface area contributed by atoms with E-state index in [9.17, 15) is 9.18 Å². The Morgan fingerprint density at radius 2 is 2.27 bits per heavy atom. The molecule has 4 heteroatoms. The first-order valence-electron chi connectivity index (χ1n) is 4.75. The van der Waals surface area contributed by atoms with Crippen molar-refractivity contribution < 1.29 is 9.18 Å². The van der Waals surface area contributed by atoms with Crippen molar-refractivity contribution in [2.75, 3.05) is 0 Å². The third-order valence-electron chi connectivity index (χ3n) is 2.08. The van der Waals surface area contributed by atoms with Crippen molar-refractivity contribution in [2.45, 2.75) is 25.8 Å². The van der Waals surface area contributed by atoms with Crippen molar-refractivity contribution in [3.63, 3.8) is 0 Å². The molecule has 0 aliphatic carbocycles. The molecular formula is C11H13BrFNO. The van der Waals surface area contributed by atoms with Crippen LogP contribution in [0.5, 0.6) is 0 Å². The van der Waals surface area contributed by atoms with Gasteiger partial charge in [-0.15, -0.1) is 0 Å². The molecule has 2 N–H and O–H groups in total. The number of halogens is 2. The molecule has 0 amide bonds. The van der Waals surface area contributed by atoms with Crippen molar-refractivity contribution in [1.82, 2.24) is 0 Å². The SMILES string of the molecule is CC(N)CCC(=O)c1cccc(Br)c1F. The second-order valence-electron chi connectivity index (χ2n) is 3.54. The van der Waals surface area contributed by atoms with E-state index in [1.54, 1.807) is 12.1 Å². The van der Waals surface area contributed by atoms with Gasteiger partial charge in [0.05, 0.1) is 10.0 Å². The fraction of sp³-hybridized carbons (Fsp3) is 0.364. The lowest BCUT2D eigenvalue weighted by Crippen LogP contribution is -2.16. The first-order valence-corrected chi connectivity index (χ1v) is 5.54. The Hall–Kier alpha value is -0.740. The van der Waals surface area contributed by atoms with Crippen LogP contribution in [0.25, 0.3) is 0 Å². The molecule has 0 heterocycles. The third kappa shape index (κ3) is 3.39. The van der Waals surface area contributed by atoms with Gasteiger partial charge in [0.1, 0.15) is 5.82 Å². The number of Topliss-reactive ketones (excluding diaryl/α,β-unsaturated/α-hetero) is 1. The summed E-state index contributed by atoms with van der Waals surface area (Å²) in [7, 11) is 0. The quantitative estimate of drug-likeness (QED) is 0.858. The van der Waals surface area contributed by atoms with Gasteiger partial charge in [0, 0.05) is 12.5 Å². The van der Waals surface area contributed by atoms with Gasteiger partial charge < -0.3 is 5.73 Å². The Balaban J connectivity index is 2.78. The summed E-state index contributed by atoms with van der Waals surface area (Å²) in [6, 6.07) is 4.66. The number of nitrogens with two attached hydrogens (primary N) is 1. The summed E-state index contributed by atoms with van der Waals surface area (Å²) in [4.78, 5) is 11.6. The lowest BCUT2D eigenvalue weighted by molar-refractivity contribution is 0.0974. The highest BCUT2D eigenvalue weighted by atomic mass is 79.9. The van der Waals surface area contributed by atoms with E-state index in [0.29, 0.717) is 10.9 Å². The minimum absolute atomic E-state index is 0.0378. The summed E-state index contributed by atoms with van der Waals surface area (Å²) in [5.41, 5.74) is 5.66. The first-order chi connectivity index (χ1) is 7.02. The standard InChI is InChI=1S/C11H13BrFNO/c1-7(14)5-6-10(15)8-3-2-4-9(12)11(8)13/h2-4,7H,5-6,14H2,1H3. The number of ketones is 1. The highest BCUT2D eigenvalue weighted by Gasteiger charge is 2.13. The van der Waals surface area contributed by atoms with Crippen molar-refractivity contribution in [1.29, 1.82) is 0 Å². The molecular weight excluding hydrogens is 261 g/mol. The van der Waals surface area contributed by atoms with E-state index in [4.69, 9.17) is 5.73 Å². The van der Waals surface area contributed by atoms with Crippen LogP contribution in [0.1, 0.15) is 30.1 Å². The Morgan fingerprint density at radius 3 is 2.87 bits per heavy atom. The minimum atomic E-state index is -0.493. The summed E-state index contributed by atoms with van der Waals surface area (Å²) >= 11 is 3.04. The van der Waals surface area contributed by atoms with Crippen LogP contribution in [0.3, 0.4) is 0 Å². The summed E-state index contributed by atoms with van der Waals surface area (Å²) in [6.45, 7) is 1.82. The molecule has 1 aromatic carbocycles.